The lowest BCUT2D eigenvalue weighted by Gasteiger charge is -2.25. The quantitative estimate of drug-likeness (QED) is 0.237. The van der Waals surface area contributed by atoms with Gasteiger partial charge in [-0.25, -0.2) is 0 Å². The van der Waals surface area contributed by atoms with Crippen molar-refractivity contribution in [1.82, 2.24) is 4.90 Å². The molecule has 3 rings (SSSR count). The zero-order valence-corrected chi connectivity index (χ0v) is 19.3. The van der Waals surface area contributed by atoms with Crippen molar-refractivity contribution >= 4 is 29.1 Å². The summed E-state index contributed by atoms with van der Waals surface area (Å²) in [7, 11) is 1.57. The minimum atomic E-state index is -0.701. The molecule has 1 saturated heterocycles. The highest BCUT2D eigenvalue weighted by atomic mass is 35.5. The second-order valence-electron chi connectivity index (χ2n) is 7.55. The van der Waals surface area contributed by atoms with Crippen LogP contribution in [-0.4, -0.2) is 42.0 Å². The molecule has 0 bridgehead atoms. The number of hydrogen-bond donors (Lipinski definition) is 1. The van der Waals surface area contributed by atoms with Gasteiger partial charge in [0.25, 0.3) is 11.7 Å². The molecule has 1 amide bonds. The van der Waals surface area contributed by atoms with Crippen LogP contribution in [0.1, 0.15) is 50.3 Å². The fraction of sp³-hybridized carbons (Fsp3) is 0.360. The molecule has 0 aliphatic carbocycles. The van der Waals surface area contributed by atoms with Crippen LogP contribution in [0.4, 0.5) is 0 Å². The van der Waals surface area contributed by atoms with Crippen LogP contribution in [0.25, 0.3) is 5.76 Å². The van der Waals surface area contributed by atoms with E-state index in [1.807, 2.05) is 19.1 Å². The third kappa shape index (κ3) is 4.75. The van der Waals surface area contributed by atoms with Gasteiger partial charge in [-0.05, 0) is 49.2 Å². The fourth-order valence-corrected chi connectivity index (χ4v) is 4.02. The Balaban J connectivity index is 2.12. The van der Waals surface area contributed by atoms with Crippen LogP contribution in [0.3, 0.4) is 0 Å². The van der Waals surface area contributed by atoms with Crippen LogP contribution in [0.2, 0.25) is 5.02 Å². The molecular weight excluding hydrogens is 430 g/mol. The Hall–Kier alpha value is -2.99. The summed E-state index contributed by atoms with van der Waals surface area (Å²) in [4.78, 5) is 27.5. The lowest BCUT2D eigenvalue weighted by Crippen LogP contribution is -2.30. The Morgan fingerprint density at radius 2 is 1.81 bits per heavy atom. The van der Waals surface area contributed by atoms with Gasteiger partial charge in [0.2, 0.25) is 0 Å². The summed E-state index contributed by atoms with van der Waals surface area (Å²) in [6, 6.07) is 11.3. The Labute approximate surface area is 193 Å². The van der Waals surface area contributed by atoms with E-state index in [4.69, 9.17) is 21.1 Å². The minimum Gasteiger partial charge on any atom is -0.507 e. The lowest BCUT2D eigenvalue weighted by atomic mass is 9.95. The van der Waals surface area contributed by atoms with Crippen molar-refractivity contribution in [2.45, 2.75) is 39.2 Å². The molecule has 32 heavy (non-hydrogen) atoms. The van der Waals surface area contributed by atoms with Crippen LogP contribution >= 0.6 is 11.6 Å². The third-order valence-corrected chi connectivity index (χ3v) is 5.79. The SMILES string of the molecule is CCCCCN1C(=O)C(=O)/C(=C(\O)c2ccc(Cl)c(OCC)c2)C1c1ccc(OC)cc1. The number of halogens is 1. The van der Waals surface area contributed by atoms with Gasteiger partial charge in [0.05, 0.1) is 30.4 Å². The first kappa shape index (κ1) is 23.7. The molecule has 2 aromatic rings. The van der Waals surface area contributed by atoms with Crippen LogP contribution in [-0.2, 0) is 9.59 Å². The smallest absolute Gasteiger partial charge is 0.295 e. The zero-order chi connectivity index (χ0) is 23.3. The van der Waals surface area contributed by atoms with E-state index in [1.54, 1.807) is 42.3 Å². The number of unbranched alkanes of at least 4 members (excludes halogenated alkanes) is 2. The lowest BCUT2D eigenvalue weighted by molar-refractivity contribution is -0.139. The number of aliphatic hydroxyl groups excluding tert-OH is 1. The Kier molecular flexibility index (Phi) is 7.80. The molecule has 1 N–H and O–H groups in total. The van der Waals surface area contributed by atoms with E-state index in [2.05, 4.69) is 6.92 Å². The molecule has 0 aromatic heterocycles. The van der Waals surface area contributed by atoms with Gasteiger partial charge >= 0.3 is 0 Å². The van der Waals surface area contributed by atoms with Crippen molar-refractivity contribution in [3.05, 3.63) is 64.2 Å². The molecule has 0 radical (unpaired) electrons. The van der Waals surface area contributed by atoms with Gasteiger partial charge < -0.3 is 19.5 Å². The Morgan fingerprint density at radius 3 is 2.44 bits per heavy atom. The van der Waals surface area contributed by atoms with E-state index in [0.717, 1.165) is 24.8 Å². The number of carbonyl (C=O) groups is 2. The predicted molar refractivity (Wildman–Crippen MR) is 124 cm³/mol. The van der Waals surface area contributed by atoms with E-state index >= 15 is 0 Å². The number of ketones is 1. The van der Waals surface area contributed by atoms with Crippen LogP contribution in [0.5, 0.6) is 11.5 Å². The topological polar surface area (TPSA) is 76.1 Å². The van der Waals surface area contributed by atoms with E-state index in [1.165, 1.54) is 0 Å². The number of benzene rings is 2. The second-order valence-corrected chi connectivity index (χ2v) is 7.96. The normalized spacial score (nSPS) is 17.6. The average molecular weight is 458 g/mol. The fourth-order valence-electron chi connectivity index (χ4n) is 3.85. The molecule has 1 fully saturated rings. The zero-order valence-electron chi connectivity index (χ0n) is 18.6. The van der Waals surface area contributed by atoms with Gasteiger partial charge in [0.15, 0.2) is 0 Å². The summed E-state index contributed by atoms with van der Waals surface area (Å²) >= 11 is 6.17. The number of hydrogen-bond acceptors (Lipinski definition) is 5. The number of nitrogens with zero attached hydrogens (tertiary/aromatic N) is 1. The summed E-state index contributed by atoms with van der Waals surface area (Å²) in [6.45, 7) is 4.73. The van der Waals surface area contributed by atoms with Gasteiger partial charge in [0.1, 0.15) is 17.3 Å². The summed E-state index contributed by atoms with van der Waals surface area (Å²) in [5.74, 6) is -0.498. The maximum Gasteiger partial charge on any atom is 0.295 e. The monoisotopic (exact) mass is 457 g/mol. The molecule has 1 aliphatic heterocycles. The number of carbonyl (C=O) groups excluding carboxylic acids is 2. The van der Waals surface area contributed by atoms with Crippen molar-refractivity contribution < 1.29 is 24.2 Å². The molecular formula is C25H28ClNO5. The summed E-state index contributed by atoms with van der Waals surface area (Å²) in [6.07, 6.45) is 2.70. The molecule has 1 aliphatic rings. The van der Waals surface area contributed by atoms with Crippen LogP contribution in [0, 0.1) is 0 Å². The molecule has 6 nitrogen and oxygen atoms in total. The highest BCUT2D eigenvalue weighted by molar-refractivity contribution is 6.46. The molecule has 1 heterocycles. The molecule has 170 valence electrons. The number of amides is 1. The Bertz CT molecular complexity index is 1020. The van der Waals surface area contributed by atoms with Gasteiger partial charge in [-0.2, -0.15) is 0 Å². The molecule has 7 heteroatoms. The van der Waals surface area contributed by atoms with Crippen LogP contribution in [0.15, 0.2) is 48.0 Å². The van der Waals surface area contributed by atoms with Gasteiger partial charge in [0, 0.05) is 12.1 Å². The first-order valence-corrected chi connectivity index (χ1v) is 11.2. The maximum atomic E-state index is 13.1. The van der Waals surface area contributed by atoms with Crippen LogP contribution < -0.4 is 9.47 Å². The molecule has 2 aromatic carbocycles. The highest BCUT2D eigenvalue weighted by Gasteiger charge is 2.45. The summed E-state index contributed by atoms with van der Waals surface area (Å²) < 4.78 is 10.8. The van der Waals surface area contributed by atoms with E-state index in [0.29, 0.717) is 35.2 Å². The third-order valence-electron chi connectivity index (χ3n) is 5.48. The van der Waals surface area contributed by atoms with Crippen molar-refractivity contribution in [2.24, 2.45) is 0 Å². The van der Waals surface area contributed by atoms with Gasteiger partial charge in [-0.3, -0.25) is 9.59 Å². The maximum absolute atomic E-state index is 13.1. The molecule has 0 saturated carbocycles. The highest BCUT2D eigenvalue weighted by Crippen LogP contribution is 2.41. The average Bonchev–Trinajstić information content (AvgIpc) is 3.05. The molecule has 1 atom stereocenters. The number of methoxy groups -OCH3 is 1. The van der Waals surface area contributed by atoms with E-state index < -0.39 is 17.7 Å². The molecule has 0 spiro atoms. The standard InChI is InChI=1S/C25H28ClNO5/c1-4-6-7-14-27-22(16-8-11-18(31-3)12-9-16)21(24(29)25(27)30)23(28)17-10-13-19(26)20(15-17)32-5-2/h8-13,15,22,28H,4-7,14H2,1-3H3/b23-21-. The largest absolute Gasteiger partial charge is 0.507 e. The summed E-state index contributed by atoms with van der Waals surface area (Å²) in [5, 5.41) is 11.6. The number of aliphatic hydroxyl groups is 1. The van der Waals surface area contributed by atoms with E-state index in [9.17, 15) is 14.7 Å². The van der Waals surface area contributed by atoms with Gasteiger partial charge in [-0.15, -0.1) is 0 Å². The number of ether oxygens (including phenoxy) is 2. The first-order valence-electron chi connectivity index (χ1n) is 10.8. The van der Waals surface area contributed by atoms with Gasteiger partial charge in [-0.1, -0.05) is 43.5 Å². The van der Waals surface area contributed by atoms with Crippen molar-refractivity contribution in [3.8, 4) is 11.5 Å². The van der Waals surface area contributed by atoms with E-state index in [-0.39, 0.29) is 11.3 Å². The number of likely N-dealkylation sites (tertiary alicyclic amines) is 1. The van der Waals surface area contributed by atoms with Crippen molar-refractivity contribution in [3.63, 3.8) is 0 Å². The predicted octanol–water partition coefficient (Wildman–Crippen LogP) is 5.36. The summed E-state index contributed by atoms with van der Waals surface area (Å²) in [5.41, 5.74) is 1.14. The molecule has 1 unspecified atom stereocenters. The van der Waals surface area contributed by atoms with Crippen molar-refractivity contribution in [1.29, 1.82) is 0 Å². The number of rotatable bonds is 9. The minimum absolute atomic E-state index is 0.0569. The second kappa shape index (κ2) is 10.6. The Morgan fingerprint density at radius 1 is 1.09 bits per heavy atom. The van der Waals surface area contributed by atoms with Crippen molar-refractivity contribution in [2.75, 3.05) is 20.3 Å². The first-order chi connectivity index (χ1) is 15.4. The number of Topliss-reactive ketones (excluding diaryl/α,β-unsaturated/α-hetero) is 1.